The second kappa shape index (κ2) is 8.83. The minimum atomic E-state index is -0.121. The number of nitrogens with zero attached hydrogens (tertiary/aromatic N) is 4. The summed E-state index contributed by atoms with van der Waals surface area (Å²) >= 11 is 0. The van der Waals surface area contributed by atoms with Gasteiger partial charge in [0.1, 0.15) is 12.7 Å². The maximum Gasteiger partial charge on any atom is 0.314 e. The van der Waals surface area contributed by atoms with Gasteiger partial charge in [0.15, 0.2) is 0 Å². The molecule has 2 N–H and O–H groups in total. The van der Waals surface area contributed by atoms with E-state index in [4.69, 9.17) is 4.74 Å². The first kappa shape index (κ1) is 17.7. The van der Waals surface area contributed by atoms with Crippen molar-refractivity contribution in [2.24, 2.45) is 0 Å². The van der Waals surface area contributed by atoms with Gasteiger partial charge in [0.05, 0.1) is 12.2 Å². The third kappa shape index (κ3) is 6.15. The Morgan fingerprint density at radius 2 is 2.09 bits per heavy atom. The molecule has 2 heterocycles. The lowest BCUT2D eigenvalue weighted by molar-refractivity contribution is -0.0778. The van der Waals surface area contributed by atoms with Gasteiger partial charge >= 0.3 is 6.03 Å². The SMILES string of the molecule is C[C@@H]1CN([C@@H](C)CNC(=O)NCCCn2cncn2)C[C@H](C)O1. The number of morpholine rings is 1. The first-order valence-electron chi connectivity index (χ1n) is 8.28. The van der Waals surface area contributed by atoms with E-state index in [-0.39, 0.29) is 18.2 Å². The van der Waals surface area contributed by atoms with Crippen molar-refractivity contribution >= 4 is 6.03 Å². The average molecular weight is 324 g/mol. The van der Waals surface area contributed by atoms with Crippen LogP contribution in [0.1, 0.15) is 27.2 Å². The van der Waals surface area contributed by atoms with Crippen molar-refractivity contribution in [3.8, 4) is 0 Å². The molecule has 1 fully saturated rings. The lowest BCUT2D eigenvalue weighted by atomic mass is 10.2. The summed E-state index contributed by atoms with van der Waals surface area (Å²) < 4.78 is 7.49. The van der Waals surface area contributed by atoms with Crippen molar-refractivity contribution in [3.05, 3.63) is 12.7 Å². The van der Waals surface area contributed by atoms with Gasteiger partial charge in [-0.1, -0.05) is 0 Å². The first-order chi connectivity index (χ1) is 11.0. The fraction of sp³-hybridized carbons (Fsp3) is 0.800. The standard InChI is InChI=1S/C15H28N6O2/c1-12(20-8-13(2)23-14(3)9-20)7-18-15(22)17-5-4-6-21-11-16-10-19-21/h10-14H,4-9H2,1-3H3,(H2,17,18,22)/t12-,13-,14+/m0/s1. The molecule has 2 amide bonds. The summed E-state index contributed by atoms with van der Waals surface area (Å²) in [4.78, 5) is 18.1. The van der Waals surface area contributed by atoms with E-state index >= 15 is 0 Å². The molecule has 0 aliphatic carbocycles. The number of aryl methyl sites for hydroxylation is 1. The van der Waals surface area contributed by atoms with E-state index in [1.807, 2.05) is 0 Å². The van der Waals surface area contributed by atoms with Gasteiger partial charge in [-0.05, 0) is 27.2 Å². The number of hydrogen-bond acceptors (Lipinski definition) is 5. The normalized spacial score (nSPS) is 23.4. The van der Waals surface area contributed by atoms with Crippen LogP contribution in [0, 0.1) is 0 Å². The highest BCUT2D eigenvalue weighted by atomic mass is 16.5. The second-order valence-electron chi connectivity index (χ2n) is 6.21. The van der Waals surface area contributed by atoms with Crippen molar-refractivity contribution in [1.29, 1.82) is 0 Å². The summed E-state index contributed by atoms with van der Waals surface area (Å²) in [6.45, 7) is 10.1. The lowest BCUT2D eigenvalue weighted by Gasteiger charge is -2.38. The minimum Gasteiger partial charge on any atom is -0.373 e. The van der Waals surface area contributed by atoms with E-state index < -0.39 is 0 Å². The molecule has 0 bridgehead atoms. The van der Waals surface area contributed by atoms with Crippen LogP contribution >= 0.6 is 0 Å². The molecule has 1 aromatic rings. The van der Waals surface area contributed by atoms with Gasteiger partial charge in [-0.25, -0.2) is 9.78 Å². The Kier molecular flexibility index (Phi) is 6.79. The molecule has 1 aliphatic heterocycles. The van der Waals surface area contributed by atoms with Crippen LogP contribution in [0.4, 0.5) is 4.79 Å². The summed E-state index contributed by atoms with van der Waals surface area (Å²) in [5.74, 6) is 0. The van der Waals surface area contributed by atoms with Crippen molar-refractivity contribution < 1.29 is 9.53 Å². The molecule has 3 atom stereocenters. The zero-order chi connectivity index (χ0) is 16.7. The number of carbonyl (C=O) groups is 1. The number of urea groups is 1. The highest BCUT2D eigenvalue weighted by Gasteiger charge is 2.25. The van der Waals surface area contributed by atoms with Crippen LogP contribution in [0.15, 0.2) is 12.7 Å². The molecule has 130 valence electrons. The van der Waals surface area contributed by atoms with Crippen molar-refractivity contribution in [2.45, 2.75) is 52.0 Å². The predicted octanol–water partition coefficient (Wildman–Crippen LogP) is 0.465. The number of aromatic nitrogens is 3. The van der Waals surface area contributed by atoms with Crippen LogP contribution in [0.25, 0.3) is 0 Å². The lowest BCUT2D eigenvalue weighted by Crippen LogP contribution is -2.53. The number of hydrogen-bond donors (Lipinski definition) is 2. The molecule has 8 heteroatoms. The molecule has 1 saturated heterocycles. The summed E-state index contributed by atoms with van der Waals surface area (Å²) in [5, 5.41) is 9.82. The molecule has 1 aliphatic rings. The minimum absolute atomic E-state index is 0.121. The van der Waals surface area contributed by atoms with Crippen LogP contribution in [0.3, 0.4) is 0 Å². The third-order valence-corrected chi connectivity index (χ3v) is 3.95. The first-order valence-corrected chi connectivity index (χ1v) is 8.28. The van der Waals surface area contributed by atoms with Gasteiger partial charge in [-0.2, -0.15) is 5.10 Å². The summed E-state index contributed by atoms with van der Waals surface area (Å²) in [7, 11) is 0. The smallest absolute Gasteiger partial charge is 0.314 e. The molecule has 0 saturated carbocycles. The van der Waals surface area contributed by atoms with Crippen molar-refractivity contribution in [2.75, 3.05) is 26.2 Å². The van der Waals surface area contributed by atoms with E-state index in [1.54, 1.807) is 11.0 Å². The quantitative estimate of drug-likeness (QED) is 0.712. The molecule has 0 unspecified atom stereocenters. The van der Waals surface area contributed by atoms with Gasteiger partial charge in [-0.15, -0.1) is 0 Å². The highest BCUT2D eigenvalue weighted by molar-refractivity contribution is 5.73. The number of carbonyl (C=O) groups excluding carboxylic acids is 1. The highest BCUT2D eigenvalue weighted by Crippen LogP contribution is 2.13. The summed E-state index contributed by atoms with van der Waals surface area (Å²) in [6.07, 6.45) is 4.49. The Morgan fingerprint density at radius 1 is 1.35 bits per heavy atom. The summed E-state index contributed by atoms with van der Waals surface area (Å²) in [6, 6.07) is 0.175. The average Bonchev–Trinajstić information content (AvgIpc) is 3.01. The van der Waals surface area contributed by atoms with Crippen LogP contribution in [0.2, 0.25) is 0 Å². The van der Waals surface area contributed by atoms with Crippen molar-refractivity contribution in [1.82, 2.24) is 30.3 Å². The molecule has 23 heavy (non-hydrogen) atoms. The fourth-order valence-corrected chi connectivity index (χ4v) is 2.80. The van der Waals surface area contributed by atoms with E-state index in [2.05, 4.69) is 46.4 Å². The van der Waals surface area contributed by atoms with E-state index in [0.717, 1.165) is 26.1 Å². The van der Waals surface area contributed by atoms with Crippen molar-refractivity contribution in [3.63, 3.8) is 0 Å². The van der Waals surface area contributed by atoms with Gasteiger partial charge in [-0.3, -0.25) is 9.58 Å². The van der Waals surface area contributed by atoms with E-state index in [9.17, 15) is 4.79 Å². The van der Waals surface area contributed by atoms with E-state index in [1.165, 1.54) is 6.33 Å². The Hall–Kier alpha value is -1.67. The topological polar surface area (TPSA) is 84.3 Å². The Bertz CT molecular complexity index is 457. The van der Waals surface area contributed by atoms with Crippen LogP contribution in [-0.2, 0) is 11.3 Å². The van der Waals surface area contributed by atoms with Gasteiger partial charge in [0.25, 0.3) is 0 Å². The largest absolute Gasteiger partial charge is 0.373 e. The molecule has 8 nitrogen and oxygen atoms in total. The second-order valence-corrected chi connectivity index (χ2v) is 6.21. The summed E-state index contributed by atoms with van der Waals surface area (Å²) in [5.41, 5.74) is 0. The number of nitrogens with one attached hydrogen (secondary N) is 2. The van der Waals surface area contributed by atoms with Crippen LogP contribution in [-0.4, -0.2) is 70.1 Å². The third-order valence-electron chi connectivity index (χ3n) is 3.95. The van der Waals surface area contributed by atoms with Crippen LogP contribution in [0.5, 0.6) is 0 Å². The van der Waals surface area contributed by atoms with Crippen LogP contribution < -0.4 is 10.6 Å². The molecule has 0 aromatic carbocycles. The number of ether oxygens (including phenoxy) is 1. The van der Waals surface area contributed by atoms with E-state index in [0.29, 0.717) is 19.1 Å². The number of amides is 2. The monoisotopic (exact) mass is 324 g/mol. The van der Waals surface area contributed by atoms with Gasteiger partial charge in [0.2, 0.25) is 0 Å². The fourth-order valence-electron chi connectivity index (χ4n) is 2.80. The molecule has 0 spiro atoms. The Morgan fingerprint density at radius 3 is 2.74 bits per heavy atom. The Balaban J connectivity index is 1.58. The molecule has 1 aromatic heterocycles. The molecule has 2 rings (SSSR count). The Labute approximate surface area is 137 Å². The molecule has 0 radical (unpaired) electrons. The van der Waals surface area contributed by atoms with Gasteiger partial charge in [0, 0.05) is 38.8 Å². The zero-order valence-corrected chi connectivity index (χ0v) is 14.2. The molecular formula is C15H28N6O2. The van der Waals surface area contributed by atoms with Gasteiger partial charge < -0.3 is 15.4 Å². The number of rotatable bonds is 7. The molecular weight excluding hydrogens is 296 g/mol. The maximum atomic E-state index is 11.8. The maximum absolute atomic E-state index is 11.8. The zero-order valence-electron chi connectivity index (χ0n) is 14.2. The predicted molar refractivity (Wildman–Crippen MR) is 87.1 cm³/mol.